The Kier molecular flexibility index (Phi) is 3.37. The summed E-state index contributed by atoms with van der Waals surface area (Å²) in [5.74, 6) is 0. The molecule has 4 rings (SSSR count). The third-order valence-electron chi connectivity index (χ3n) is 3.45. The van der Waals surface area contributed by atoms with Gasteiger partial charge in [-0.2, -0.15) is 0 Å². The lowest BCUT2D eigenvalue weighted by molar-refractivity contribution is 0.582. The second-order valence-corrected chi connectivity index (χ2v) is 7.80. The van der Waals surface area contributed by atoms with Crippen molar-refractivity contribution in [3.05, 3.63) is 53.8 Å². The van der Waals surface area contributed by atoms with Gasteiger partial charge in [0.25, 0.3) is 0 Å². The van der Waals surface area contributed by atoms with E-state index in [4.69, 9.17) is 0 Å². The molecule has 1 aromatic carbocycles. The van der Waals surface area contributed by atoms with E-state index in [1.54, 1.807) is 18.3 Å². The molecule has 0 fully saturated rings. The summed E-state index contributed by atoms with van der Waals surface area (Å²) in [5, 5.41) is 1.30. The van der Waals surface area contributed by atoms with Crippen molar-refractivity contribution in [2.75, 3.05) is 0 Å². The van der Waals surface area contributed by atoms with Crippen LogP contribution >= 0.6 is 11.3 Å². The Bertz CT molecular complexity index is 1070. The number of nitrogens with one attached hydrogen (secondary N) is 2. The number of sulfonamides is 1. The van der Waals surface area contributed by atoms with Crippen LogP contribution in [0.5, 0.6) is 0 Å². The summed E-state index contributed by atoms with van der Waals surface area (Å²) in [6.45, 7) is 0.161. The van der Waals surface area contributed by atoms with Gasteiger partial charge in [0.2, 0.25) is 10.0 Å². The van der Waals surface area contributed by atoms with Crippen molar-refractivity contribution in [3.8, 4) is 0 Å². The van der Waals surface area contributed by atoms with E-state index >= 15 is 0 Å². The van der Waals surface area contributed by atoms with Crippen LogP contribution < -0.4 is 4.72 Å². The average Bonchev–Trinajstić information content (AvgIpc) is 3.17. The molecule has 0 spiro atoms. The van der Waals surface area contributed by atoms with Crippen molar-refractivity contribution in [2.24, 2.45) is 0 Å². The van der Waals surface area contributed by atoms with Crippen LogP contribution in [-0.2, 0) is 16.6 Å². The number of aromatic amines is 1. The summed E-state index contributed by atoms with van der Waals surface area (Å²) < 4.78 is 28.7. The summed E-state index contributed by atoms with van der Waals surface area (Å²) in [5.41, 5.74) is 1.43. The molecule has 0 unspecified atom stereocenters. The molecular formula is C15H12N4O2S2. The molecule has 8 heteroatoms. The quantitative estimate of drug-likeness (QED) is 0.596. The van der Waals surface area contributed by atoms with Crippen LogP contribution in [0.2, 0.25) is 0 Å². The van der Waals surface area contributed by atoms with Crippen LogP contribution in [-0.4, -0.2) is 23.4 Å². The Morgan fingerprint density at radius 3 is 2.91 bits per heavy atom. The fourth-order valence-corrected chi connectivity index (χ4v) is 4.53. The normalized spacial score (nSPS) is 12.2. The SMILES string of the molecule is O=S(=O)(NCc1nc2ccccc2s1)c1c[nH]c2ncccc12. The topological polar surface area (TPSA) is 87.7 Å². The van der Waals surface area contributed by atoms with E-state index in [9.17, 15) is 8.42 Å². The Hall–Kier alpha value is -2.29. The van der Waals surface area contributed by atoms with Crippen molar-refractivity contribution in [2.45, 2.75) is 11.4 Å². The van der Waals surface area contributed by atoms with E-state index in [2.05, 4.69) is 19.7 Å². The Morgan fingerprint density at radius 2 is 2.04 bits per heavy atom. The van der Waals surface area contributed by atoms with Crippen molar-refractivity contribution in [3.63, 3.8) is 0 Å². The Labute approximate surface area is 136 Å². The fraction of sp³-hybridized carbons (Fsp3) is 0.0667. The van der Waals surface area contributed by atoms with E-state index in [1.807, 2.05) is 24.3 Å². The van der Waals surface area contributed by atoms with Crippen LogP contribution in [0.1, 0.15) is 5.01 Å². The van der Waals surface area contributed by atoms with Gasteiger partial charge in [-0.3, -0.25) is 0 Å². The van der Waals surface area contributed by atoms with Gasteiger partial charge in [0.05, 0.1) is 16.8 Å². The Balaban J connectivity index is 1.62. The first-order chi connectivity index (χ1) is 11.1. The zero-order chi connectivity index (χ0) is 15.9. The first-order valence-corrected chi connectivity index (χ1v) is 9.20. The summed E-state index contributed by atoms with van der Waals surface area (Å²) >= 11 is 1.48. The lowest BCUT2D eigenvalue weighted by atomic mass is 10.3. The molecule has 0 saturated carbocycles. The van der Waals surface area contributed by atoms with Gasteiger partial charge in [-0.05, 0) is 24.3 Å². The summed E-state index contributed by atoms with van der Waals surface area (Å²) in [6.07, 6.45) is 3.07. The van der Waals surface area contributed by atoms with Crippen LogP contribution in [0.4, 0.5) is 0 Å². The first-order valence-electron chi connectivity index (χ1n) is 6.90. The molecule has 0 aliphatic rings. The smallest absolute Gasteiger partial charge is 0.243 e. The monoisotopic (exact) mass is 344 g/mol. The number of hydrogen-bond acceptors (Lipinski definition) is 5. The highest BCUT2D eigenvalue weighted by molar-refractivity contribution is 7.89. The number of hydrogen-bond donors (Lipinski definition) is 2. The maximum absolute atomic E-state index is 12.5. The molecule has 23 heavy (non-hydrogen) atoms. The molecule has 3 aromatic heterocycles. The van der Waals surface area contributed by atoms with Gasteiger partial charge in [-0.25, -0.2) is 23.1 Å². The van der Waals surface area contributed by atoms with Crippen LogP contribution in [0, 0.1) is 0 Å². The molecule has 0 aliphatic carbocycles. The molecule has 2 N–H and O–H groups in total. The zero-order valence-corrected chi connectivity index (χ0v) is 13.5. The summed E-state index contributed by atoms with van der Waals surface area (Å²) in [6, 6.07) is 11.2. The van der Waals surface area contributed by atoms with Gasteiger partial charge >= 0.3 is 0 Å². The van der Waals surface area contributed by atoms with Gasteiger partial charge in [-0.15, -0.1) is 11.3 Å². The average molecular weight is 344 g/mol. The van der Waals surface area contributed by atoms with E-state index < -0.39 is 10.0 Å². The maximum atomic E-state index is 12.5. The molecule has 0 saturated heterocycles. The molecule has 4 aromatic rings. The molecular weight excluding hydrogens is 332 g/mol. The molecule has 0 bridgehead atoms. The highest BCUT2D eigenvalue weighted by Gasteiger charge is 2.19. The van der Waals surface area contributed by atoms with Crippen molar-refractivity contribution in [1.82, 2.24) is 19.7 Å². The number of pyridine rings is 1. The lowest BCUT2D eigenvalue weighted by Crippen LogP contribution is -2.22. The molecule has 116 valence electrons. The van der Waals surface area contributed by atoms with Crippen LogP contribution in [0.15, 0.2) is 53.7 Å². The van der Waals surface area contributed by atoms with E-state index in [0.29, 0.717) is 11.0 Å². The second kappa shape index (κ2) is 5.41. The number of rotatable bonds is 4. The second-order valence-electron chi connectivity index (χ2n) is 4.95. The highest BCUT2D eigenvalue weighted by atomic mass is 32.2. The van der Waals surface area contributed by atoms with Gasteiger partial charge in [0.1, 0.15) is 15.6 Å². The lowest BCUT2D eigenvalue weighted by Gasteiger charge is -2.03. The number of aromatic nitrogens is 3. The number of para-hydroxylation sites is 1. The minimum atomic E-state index is -3.63. The molecule has 6 nitrogen and oxygen atoms in total. The largest absolute Gasteiger partial charge is 0.345 e. The van der Waals surface area contributed by atoms with Crippen LogP contribution in [0.25, 0.3) is 21.3 Å². The molecule has 0 atom stereocenters. The summed E-state index contributed by atoms with van der Waals surface area (Å²) in [4.78, 5) is 11.6. The Morgan fingerprint density at radius 1 is 1.17 bits per heavy atom. The van der Waals surface area contributed by atoms with E-state index in [1.165, 1.54) is 17.5 Å². The molecule has 0 aliphatic heterocycles. The van der Waals surface area contributed by atoms with Gasteiger partial charge in [0.15, 0.2) is 0 Å². The van der Waals surface area contributed by atoms with Crippen molar-refractivity contribution < 1.29 is 8.42 Å². The fourth-order valence-electron chi connectivity index (χ4n) is 2.38. The predicted octanol–water partition coefficient (Wildman–Crippen LogP) is 2.65. The first kappa shape index (κ1) is 14.3. The highest BCUT2D eigenvalue weighted by Crippen LogP contribution is 2.23. The minimum absolute atomic E-state index is 0.161. The van der Waals surface area contributed by atoms with Gasteiger partial charge < -0.3 is 4.98 Å². The summed E-state index contributed by atoms with van der Waals surface area (Å²) in [7, 11) is -3.63. The zero-order valence-electron chi connectivity index (χ0n) is 11.9. The van der Waals surface area contributed by atoms with Gasteiger partial charge in [0, 0.05) is 17.8 Å². The minimum Gasteiger partial charge on any atom is -0.345 e. The maximum Gasteiger partial charge on any atom is 0.243 e. The molecule has 0 amide bonds. The van der Waals surface area contributed by atoms with E-state index in [0.717, 1.165) is 15.2 Å². The number of thiazole rings is 1. The number of benzene rings is 1. The van der Waals surface area contributed by atoms with Gasteiger partial charge in [-0.1, -0.05) is 12.1 Å². The van der Waals surface area contributed by atoms with Crippen molar-refractivity contribution >= 4 is 42.6 Å². The predicted molar refractivity (Wildman–Crippen MR) is 89.7 cm³/mol. The number of H-pyrrole nitrogens is 1. The third kappa shape index (κ3) is 2.61. The third-order valence-corrected chi connectivity index (χ3v) is 5.93. The molecule has 3 heterocycles. The number of fused-ring (bicyclic) bond motifs is 2. The number of nitrogens with zero attached hydrogens (tertiary/aromatic N) is 2. The van der Waals surface area contributed by atoms with Crippen molar-refractivity contribution in [1.29, 1.82) is 0 Å². The molecule has 0 radical (unpaired) electrons. The standard InChI is InChI=1S/C15H12N4O2S2/c20-23(21,13-8-17-15-10(13)4-3-7-16-15)18-9-14-19-11-5-1-2-6-12(11)22-14/h1-8,18H,9H2,(H,16,17). The van der Waals surface area contributed by atoms with E-state index in [-0.39, 0.29) is 11.4 Å². The van der Waals surface area contributed by atoms with Crippen LogP contribution in [0.3, 0.4) is 0 Å².